The molecule has 8 heteroatoms. The monoisotopic (exact) mass is 344 g/mol. The molecule has 0 bridgehead atoms. The molecule has 0 saturated heterocycles. The Morgan fingerprint density at radius 3 is 2.10 bits per heavy atom. The number of rotatable bonds is 7. The van der Waals surface area contributed by atoms with Crippen molar-refractivity contribution in [3.05, 3.63) is 28.7 Å². The van der Waals surface area contributed by atoms with Gasteiger partial charge in [-0.05, 0) is 28.1 Å². The van der Waals surface area contributed by atoms with Gasteiger partial charge in [-0.25, -0.2) is 0 Å². The average Bonchev–Trinajstić information content (AvgIpc) is 2.30. The summed E-state index contributed by atoms with van der Waals surface area (Å²) in [5.74, 6) is -2.88. The van der Waals surface area contributed by atoms with Crippen LogP contribution < -0.4 is 5.32 Å². The molecular weight excluding hydrogens is 332 g/mol. The highest BCUT2D eigenvalue weighted by molar-refractivity contribution is 9.10. The minimum atomic E-state index is -1.19. The lowest BCUT2D eigenvalue weighted by Crippen LogP contribution is -2.40. The molecule has 0 spiro atoms. The van der Waals surface area contributed by atoms with Crippen LogP contribution in [-0.4, -0.2) is 52.6 Å². The number of anilines is 1. The maximum absolute atomic E-state index is 11.8. The maximum Gasteiger partial charge on any atom is 0.317 e. The predicted molar refractivity (Wildman–Crippen MR) is 74.5 cm³/mol. The number of nitrogens with zero attached hydrogens (tertiary/aromatic N) is 1. The number of carboxylic acid groups (broad SMARTS) is 2. The molecule has 1 amide bonds. The van der Waals surface area contributed by atoms with Crippen molar-refractivity contribution in [2.24, 2.45) is 0 Å². The van der Waals surface area contributed by atoms with Gasteiger partial charge in [0.15, 0.2) is 0 Å². The van der Waals surface area contributed by atoms with Gasteiger partial charge >= 0.3 is 11.9 Å². The fraction of sp³-hybridized carbons (Fsp3) is 0.250. The molecule has 1 rings (SSSR count). The van der Waals surface area contributed by atoms with Gasteiger partial charge in [0.2, 0.25) is 5.91 Å². The van der Waals surface area contributed by atoms with E-state index >= 15 is 0 Å². The molecule has 1 aromatic rings. The van der Waals surface area contributed by atoms with Crippen molar-refractivity contribution >= 4 is 39.5 Å². The summed E-state index contributed by atoms with van der Waals surface area (Å²) in [6.07, 6.45) is 0. The smallest absolute Gasteiger partial charge is 0.317 e. The van der Waals surface area contributed by atoms with Gasteiger partial charge in [-0.3, -0.25) is 19.3 Å². The lowest BCUT2D eigenvalue weighted by atomic mass is 10.3. The molecule has 0 aromatic heterocycles. The second-order valence-electron chi connectivity index (χ2n) is 3.96. The molecule has 0 fully saturated rings. The number of hydrogen-bond acceptors (Lipinski definition) is 4. The third-order valence-corrected chi connectivity index (χ3v) is 2.92. The molecule has 0 aliphatic carbocycles. The van der Waals surface area contributed by atoms with Crippen molar-refractivity contribution < 1.29 is 24.6 Å². The van der Waals surface area contributed by atoms with Crippen LogP contribution in [0.15, 0.2) is 28.7 Å². The lowest BCUT2D eigenvalue weighted by molar-refractivity contribution is -0.142. The molecule has 0 atom stereocenters. The van der Waals surface area contributed by atoms with Gasteiger partial charge in [-0.1, -0.05) is 12.1 Å². The number of carboxylic acids is 2. The zero-order chi connectivity index (χ0) is 15.1. The Morgan fingerprint density at radius 2 is 1.60 bits per heavy atom. The summed E-state index contributed by atoms with van der Waals surface area (Å²) >= 11 is 3.26. The first-order valence-corrected chi connectivity index (χ1v) is 6.38. The highest BCUT2D eigenvalue weighted by atomic mass is 79.9. The lowest BCUT2D eigenvalue weighted by Gasteiger charge is -2.17. The molecule has 20 heavy (non-hydrogen) atoms. The predicted octanol–water partition coefficient (Wildman–Crippen LogP) is 0.859. The minimum absolute atomic E-state index is 0.320. The van der Waals surface area contributed by atoms with E-state index in [1.165, 1.54) is 0 Å². The number of para-hydroxylation sites is 1. The molecule has 3 N–H and O–H groups in total. The average molecular weight is 345 g/mol. The van der Waals surface area contributed by atoms with E-state index in [0.29, 0.717) is 10.2 Å². The van der Waals surface area contributed by atoms with Crippen molar-refractivity contribution in [1.29, 1.82) is 0 Å². The zero-order valence-corrected chi connectivity index (χ0v) is 12.0. The summed E-state index contributed by atoms with van der Waals surface area (Å²) in [5.41, 5.74) is 0.531. The van der Waals surface area contributed by atoms with E-state index in [0.717, 1.165) is 4.90 Å². The number of carbonyl (C=O) groups is 3. The van der Waals surface area contributed by atoms with Crippen LogP contribution in [0.1, 0.15) is 0 Å². The molecule has 0 aliphatic rings. The molecule has 0 heterocycles. The van der Waals surface area contributed by atoms with Crippen LogP contribution in [-0.2, 0) is 14.4 Å². The summed E-state index contributed by atoms with van der Waals surface area (Å²) in [7, 11) is 0. The molecule has 0 radical (unpaired) electrons. The van der Waals surface area contributed by atoms with Crippen molar-refractivity contribution in [3.63, 3.8) is 0 Å². The van der Waals surface area contributed by atoms with Gasteiger partial charge in [-0.2, -0.15) is 0 Å². The molecule has 7 nitrogen and oxygen atoms in total. The first-order valence-electron chi connectivity index (χ1n) is 5.59. The summed E-state index contributed by atoms with van der Waals surface area (Å²) in [5, 5.41) is 19.9. The first-order chi connectivity index (χ1) is 9.38. The van der Waals surface area contributed by atoms with Crippen LogP contribution in [0.3, 0.4) is 0 Å². The Labute approximate surface area is 123 Å². The van der Waals surface area contributed by atoms with E-state index < -0.39 is 30.9 Å². The molecule has 0 aliphatic heterocycles. The topological polar surface area (TPSA) is 107 Å². The van der Waals surface area contributed by atoms with Crippen LogP contribution in [0.25, 0.3) is 0 Å². The minimum Gasteiger partial charge on any atom is -0.480 e. The number of hydrogen-bond donors (Lipinski definition) is 3. The summed E-state index contributed by atoms with van der Waals surface area (Å²) in [4.78, 5) is 34.0. The van der Waals surface area contributed by atoms with E-state index in [1.54, 1.807) is 24.3 Å². The summed E-state index contributed by atoms with van der Waals surface area (Å²) < 4.78 is 0.677. The van der Waals surface area contributed by atoms with E-state index in [-0.39, 0.29) is 6.54 Å². The van der Waals surface area contributed by atoms with Crippen LogP contribution in [0.4, 0.5) is 5.69 Å². The quantitative estimate of drug-likeness (QED) is 0.677. The van der Waals surface area contributed by atoms with Crippen LogP contribution >= 0.6 is 15.9 Å². The highest BCUT2D eigenvalue weighted by Crippen LogP contribution is 2.20. The van der Waals surface area contributed by atoms with Crippen molar-refractivity contribution in [3.8, 4) is 0 Å². The Kier molecular flexibility index (Phi) is 6.13. The van der Waals surface area contributed by atoms with Crippen LogP contribution in [0.2, 0.25) is 0 Å². The van der Waals surface area contributed by atoms with Gasteiger partial charge in [0, 0.05) is 4.47 Å². The third kappa shape index (κ3) is 5.81. The summed E-state index contributed by atoms with van der Waals surface area (Å²) in [6.45, 7) is -1.36. The van der Waals surface area contributed by atoms with E-state index in [4.69, 9.17) is 10.2 Å². The number of amides is 1. The number of aliphatic carboxylic acids is 2. The van der Waals surface area contributed by atoms with Gasteiger partial charge in [-0.15, -0.1) is 0 Å². The standard InChI is InChI=1S/C12H13BrN2O5/c13-8-3-1-2-4-9(8)14-10(16)5-15(6-11(17)18)7-12(19)20/h1-4H,5-7H2,(H,14,16)(H,17,18)(H,19,20). The van der Waals surface area contributed by atoms with Crippen molar-refractivity contribution in [1.82, 2.24) is 4.90 Å². The van der Waals surface area contributed by atoms with Crippen LogP contribution in [0.5, 0.6) is 0 Å². The number of carbonyl (C=O) groups excluding carboxylic acids is 1. The van der Waals surface area contributed by atoms with Gasteiger partial charge in [0.25, 0.3) is 0 Å². The second kappa shape index (κ2) is 7.61. The number of halogens is 1. The molecule has 108 valence electrons. The number of nitrogens with one attached hydrogen (secondary N) is 1. The molecular formula is C12H13BrN2O5. The first kappa shape index (κ1) is 16.1. The maximum atomic E-state index is 11.8. The largest absolute Gasteiger partial charge is 0.480 e. The molecule has 0 saturated carbocycles. The normalized spacial score (nSPS) is 10.3. The Balaban J connectivity index is 2.64. The third-order valence-electron chi connectivity index (χ3n) is 2.23. The summed E-state index contributed by atoms with van der Waals surface area (Å²) in [6, 6.07) is 6.91. The Bertz CT molecular complexity index is 504. The Morgan fingerprint density at radius 1 is 1.05 bits per heavy atom. The molecule has 0 unspecified atom stereocenters. The zero-order valence-electron chi connectivity index (χ0n) is 10.4. The Hall–Kier alpha value is -1.93. The molecule has 1 aromatic carbocycles. The van der Waals surface area contributed by atoms with E-state index in [9.17, 15) is 14.4 Å². The van der Waals surface area contributed by atoms with Gasteiger partial charge < -0.3 is 15.5 Å². The van der Waals surface area contributed by atoms with E-state index in [1.807, 2.05) is 0 Å². The number of benzene rings is 1. The second-order valence-corrected chi connectivity index (χ2v) is 4.81. The highest BCUT2D eigenvalue weighted by Gasteiger charge is 2.17. The SMILES string of the molecule is O=C(O)CN(CC(=O)O)CC(=O)Nc1ccccc1Br. The van der Waals surface area contributed by atoms with Crippen molar-refractivity contribution in [2.75, 3.05) is 25.0 Å². The van der Waals surface area contributed by atoms with Gasteiger partial charge in [0.05, 0.1) is 25.3 Å². The van der Waals surface area contributed by atoms with Gasteiger partial charge in [0.1, 0.15) is 0 Å². The van der Waals surface area contributed by atoms with Crippen LogP contribution in [0, 0.1) is 0 Å². The van der Waals surface area contributed by atoms with Crippen molar-refractivity contribution in [2.45, 2.75) is 0 Å². The van der Waals surface area contributed by atoms with E-state index in [2.05, 4.69) is 21.2 Å². The fourth-order valence-electron chi connectivity index (χ4n) is 1.51. The fourth-order valence-corrected chi connectivity index (χ4v) is 1.89.